The standard InChI is InChI=1S/C20H21N5O/c26-20-19-18(15-9-5-2-6-10-15)22-23-25(19)17-13-24(12-16(17)21-20)11-14-7-3-1-4-8-14/h1-10,16-17,20-21,26H,11-13H2/t16?,17-,20+/m1/s1. The van der Waals surface area contributed by atoms with E-state index in [2.05, 4.69) is 44.8 Å². The molecule has 0 radical (unpaired) electrons. The average molecular weight is 347 g/mol. The SMILES string of the molecule is O[C@@H]1NC2CN(Cc3ccccc3)C[C@H]2n2nnc(-c3ccccc3)c21. The fourth-order valence-corrected chi connectivity index (χ4v) is 4.13. The summed E-state index contributed by atoms with van der Waals surface area (Å²) in [5.41, 5.74) is 3.80. The number of rotatable bonds is 3. The topological polar surface area (TPSA) is 66.2 Å². The van der Waals surface area contributed by atoms with Crippen LogP contribution in [0.15, 0.2) is 60.7 Å². The summed E-state index contributed by atoms with van der Waals surface area (Å²) in [5, 5.41) is 22.8. The van der Waals surface area contributed by atoms with Crippen LogP contribution in [-0.4, -0.2) is 44.1 Å². The molecular formula is C20H21N5O. The van der Waals surface area contributed by atoms with E-state index < -0.39 is 6.23 Å². The lowest BCUT2D eigenvalue weighted by molar-refractivity contribution is 0.0839. The van der Waals surface area contributed by atoms with Crippen LogP contribution in [0.2, 0.25) is 0 Å². The zero-order valence-corrected chi connectivity index (χ0v) is 14.4. The summed E-state index contributed by atoms with van der Waals surface area (Å²) in [4.78, 5) is 2.41. The van der Waals surface area contributed by atoms with E-state index in [0.29, 0.717) is 0 Å². The normalized spacial score (nSPS) is 25.0. The Hall–Kier alpha value is -2.54. The first-order valence-electron chi connectivity index (χ1n) is 9.00. The van der Waals surface area contributed by atoms with Gasteiger partial charge in [0, 0.05) is 31.2 Å². The minimum absolute atomic E-state index is 0.173. The van der Waals surface area contributed by atoms with Gasteiger partial charge in [0.25, 0.3) is 0 Å². The summed E-state index contributed by atoms with van der Waals surface area (Å²) in [6.07, 6.45) is -0.752. The van der Waals surface area contributed by atoms with Gasteiger partial charge in [0.15, 0.2) is 0 Å². The van der Waals surface area contributed by atoms with Gasteiger partial charge in [0.1, 0.15) is 17.6 Å². The van der Waals surface area contributed by atoms with Crippen molar-refractivity contribution in [3.8, 4) is 11.3 Å². The lowest BCUT2D eigenvalue weighted by Gasteiger charge is -2.31. The summed E-state index contributed by atoms with van der Waals surface area (Å²) < 4.78 is 1.93. The maximum Gasteiger partial charge on any atom is 0.150 e. The van der Waals surface area contributed by atoms with E-state index in [-0.39, 0.29) is 12.1 Å². The molecule has 0 amide bonds. The number of likely N-dealkylation sites (tertiary alicyclic amines) is 1. The zero-order chi connectivity index (χ0) is 17.5. The highest BCUT2D eigenvalue weighted by Crippen LogP contribution is 2.35. The van der Waals surface area contributed by atoms with E-state index in [4.69, 9.17) is 0 Å². The lowest BCUT2D eigenvalue weighted by atomic mass is 10.0. The van der Waals surface area contributed by atoms with Crippen LogP contribution in [0.25, 0.3) is 11.3 Å². The van der Waals surface area contributed by atoms with Crippen LogP contribution in [0.1, 0.15) is 23.5 Å². The third-order valence-electron chi connectivity index (χ3n) is 5.34. The molecule has 1 saturated heterocycles. The Labute approximate surface area is 152 Å². The van der Waals surface area contributed by atoms with Crippen LogP contribution in [0, 0.1) is 0 Å². The average Bonchev–Trinajstić information content (AvgIpc) is 3.27. The first-order valence-corrected chi connectivity index (χ1v) is 9.00. The van der Waals surface area contributed by atoms with E-state index >= 15 is 0 Å². The van der Waals surface area contributed by atoms with Crippen molar-refractivity contribution >= 4 is 0 Å². The molecule has 1 fully saturated rings. The predicted molar refractivity (Wildman–Crippen MR) is 98.1 cm³/mol. The van der Waals surface area contributed by atoms with Crippen molar-refractivity contribution in [2.75, 3.05) is 13.1 Å². The third kappa shape index (κ3) is 2.63. The first-order chi connectivity index (χ1) is 12.8. The van der Waals surface area contributed by atoms with E-state index in [0.717, 1.165) is 36.6 Å². The van der Waals surface area contributed by atoms with Crippen LogP contribution in [0.3, 0.4) is 0 Å². The Kier molecular flexibility index (Phi) is 3.81. The van der Waals surface area contributed by atoms with Gasteiger partial charge >= 0.3 is 0 Å². The molecule has 0 saturated carbocycles. The van der Waals surface area contributed by atoms with Crippen molar-refractivity contribution in [2.45, 2.75) is 24.9 Å². The summed E-state index contributed by atoms with van der Waals surface area (Å²) in [5.74, 6) is 0. The van der Waals surface area contributed by atoms with Crippen molar-refractivity contribution in [2.24, 2.45) is 0 Å². The van der Waals surface area contributed by atoms with Crippen molar-refractivity contribution < 1.29 is 5.11 Å². The highest BCUT2D eigenvalue weighted by molar-refractivity contribution is 5.61. The quantitative estimate of drug-likeness (QED) is 0.758. The molecule has 3 aromatic rings. The molecule has 2 N–H and O–H groups in total. The number of aromatic nitrogens is 3. The second-order valence-corrected chi connectivity index (χ2v) is 7.06. The molecule has 1 aromatic heterocycles. The van der Waals surface area contributed by atoms with Gasteiger partial charge in [0.2, 0.25) is 0 Å². The smallest absolute Gasteiger partial charge is 0.150 e. The Bertz CT molecular complexity index is 895. The molecule has 26 heavy (non-hydrogen) atoms. The lowest BCUT2D eigenvalue weighted by Crippen LogP contribution is -2.45. The van der Waals surface area contributed by atoms with Crippen molar-refractivity contribution in [3.63, 3.8) is 0 Å². The van der Waals surface area contributed by atoms with Crippen LogP contribution in [0.5, 0.6) is 0 Å². The van der Waals surface area contributed by atoms with E-state index in [1.54, 1.807) is 0 Å². The van der Waals surface area contributed by atoms with Gasteiger partial charge in [-0.1, -0.05) is 65.9 Å². The molecule has 2 aromatic carbocycles. The molecule has 5 rings (SSSR count). The van der Waals surface area contributed by atoms with Gasteiger partial charge in [-0.2, -0.15) is 0 Å². The third-order valence-corrected chi connectivity index (χ3v) is 5.34. The van der Waals surface area contributed by atoms with Crippen molar-refractivity contribution in [1.82, 2.24) is 25.2 Å². The summed E-state index contributed by atoms with van der Waals surface area (Å²) in [6.45, 7) is 2.68. The van der Waals surface area contributed by atoms with Gasteiger partial charge in [0.05, 0.1) is 6.04 Å². The Morgan fingerprint density at radius 3 is 2.50 bits per heavy atom. The fraction of sp³-hybridized carbons (Fsp3) is 0.300. The molecule has 0 spiro atoms. The van der Waals surface area contributed by atoms with Crippen LogP contribution in [0.4, 0.5) is 0 Å². The van der Waals surface area contributed by atoms with Gasteiger partial charge < -0.3 is 5.11 Å². The number of fused-ring (bicyclic) bond motifs is 3. The minimum atomic E-state index is -0.752. The first kappa shape index (κ1) is 15.7. The van der Waals surface area contributed by atoms with Gasteiger partial charge in [-0.05, 0) is 5.56 Å². The van der Waals surface area contributed by atoms with Crippen molar-refractivity contribution in [1.29, 1.82) is 0 Å². The second-order valence-electron chi connectivity index (χ2n) is 7.06. The molecule has 0 bridgehead atoms. The van der Waals surface area contributed by atoms with E-state index in [1.807, 2.05) is 41.1 Å². The number of nitrogens with one attached hydrogen (secondary N) is 1. The highest BCUT2D eigenvalue weighted by atomic mass is 16.3. The molecule has 2 aliphatic rings. The molecule has 3 heterocycles. The van der Waals surface area contributed by atoms with Crippen molar-refractivity contribution in [3.05, 3.63) is 71.9 Å². The van der Waals surface area contributed by atoms with Crippen LogP contribution in [-0.2, 0) is 6.54 Å². The van der Waals surface area contributed by atoms with Crippen LogP contribution >= 0.6 is 0 Å². The Balaban J connectivity index is 1.43. The number of benzene rings is 2. The summed E-state index contributed by atoms with van der Waals surface area (Å²) >= 11 is 0. The largest absolute Gasteiger partial charge is 0.373 e. The van der Waals surface area contributed by atoms with Gasteiger partial charge in [-0.15, -0.1) is 5.10 Å². The molecule has 6 nitrogen and oxygen atoms in total. The maximum absolute atomic E-state index is 10.7. The van der Waals surface area contributed by atoms with E-state index in [1.165, 1.54) is 5.56 Å². The van der Waals surface area contributed by atoms with E-state index in [9.17, 15) is 5.11 Å². The highest BCUT2D eigenvalue weighted by Gasteiger charge is 2.42. The summed E-state index contributed by atoms with van der Waals surface area (Å²) in [7, 11) is 0. The Morgan fingerprint density at radius 1 is 1.00 bits per heavy atom. The Morgan fingerprint density at radius 2 is 1.73 bits per heavy atom. The van der Waals surface area contributed by atoms with Gasteiger partial charge in [-0.3, -0.25) is 10.2 Å². The number of hydrogen-bond acceptors (Lipinski definition) is 5. The fourth-order valence-electron chi connectivity index (χ4n) is 4.13. The minimum Gasteiger partial charge on any atom is -0.373 e. The molecule has 1 unspecified atom stereocenters. The predicted octanol–water partition coefficient (Wildman–Crippen LogP) is 1.96. The number of aliphatic hydroxyl groups excluding tert-OH is 1. The number of nitrogens with zero attached hydrogens (tertiary/aromatic N) is 4. The molecule has 0 aliphatic carbocycles. The number of hydrogen-bond donors (Lipinski definition) is 2. The van der Waals surface area contributed by atoms with Crippen LogP contribution < -0.4 is 5.32 Å². The summed E-state index contributed by atoms with van der Waals surface area (Å²) in [6, 6.07) is 20.8. The molecular weight excluding hydrogens is 326 g/mol. The zero-order valence-electron chi connectivity index (χ0n) is 14.4. The monoisotopic (exact) mass is 347 g/mol. The molecule has 6 heteroatoms. The second kappa shape index (κ2) is 6.32. The molecule has 3 atom stereocenters. The maximum atomic E-state index is 10.7. The number of aliphatic hydroxyl groups is 1. The molecule has 2 aliphatic heterocycles. The molecule has 132 valence electrons. The van der Waals surface area contributed by atoms with Gasteiger partial charge in [-0.25, -0.2) is 4.68 Å².